The van der Waals surface area contributed by atoms with E-state index in [9.17, 15) is 26.0 Å². The highest BCUT2D eigenvalue weighted by Gasteiger charge is 2.34. The molecule has 0 amide bonds. The zero-order valence-electron chi connectivity index (χ0n) is 21.0. The molecule has 0 saturated heterocycles. The van der Waals surface area contributed by atoms with Crippen LogP contribution in [-0.4, -0.2) is 25.4 Å². The van der Waals surface area contributed by atoms with Crippen LogP contribution in [0.1, 0.15) is 11.1 Å². The van der Waals surface area contributed by atoms with E-state index in [0.29, 0.717) is 17.4 Å². The third-order valence-corrected chi connectivity index (χ3v) is 8.08. The van der Waals surface area contributed by atoms with Crippen molar-refractivity contribution in [3.8, 4) is 11.1 Å². The summed E-state index contributed by atoms with van der Waals surface area (Å²) in [6.07, 6.45) is -3.29. The Morgan fingerprint density at radius 3 is 2.35 bits per heavy atom. The van der Waals surface area contributed by atoms with E-state index in [0.717, 1.165) is 50.6 Å². The van der Waals surface area contributed by atoms with Gasteiger partial charge in [-0.25, -0.2) is 22.8 Å². The Kier molecular flexibility index (Phi) is 7.16. The second kappa shape index (κ2) is 10.6. The lowest BCUT2D eigenvalue weighted by atomic mass is 10.0. The quantitative estimate of drug-likeness (QED) is 0.217. The number of nitrogens with zero attached hydrogens (tertiary/aromatic N) is 3. The van der Waals surface area contributed by atoms with E-state index < -0.39 is 32.5 Å². The minimum Gasteiger partial charge on any atom is -0.373 e. The summed E-state index contributed by atoms with van der Waals surface area (Å²) in [5.41, 5.74) is 1.37. The molecule has 1 aromatic heterocycles. The van der Waals surface area contributed by atoms with Crippen molar-refractivity contribution in [3.63, 3.8) is 0 Å². The number of benzene rings is 4. The molecule has 0 fully saturated rings. The molecule has 204 valence electrons. The highest BCUT2D eigenvalue weighted by Crippen LogP contribution is 2.34. The van der Waals surface area contributed by atoms with Crippen LogP contribution < -0.4 is 9.62 Å². The van der Waals surface area contributed by atoms with Gasteiger partial charge in [0, 0.05) is 12.4 Å². The van der Waals surface area contributed by atoms with Crippen molar-refractivity contribution in [2.24, 2.45) is 0 Å². The summed E-state index contributed by atoms with van der Waals surface area (Å²) in [5.74, 6) is -0.191. The topological polar surface area (TPSA) is 75.2 Å². The maximum Gasteiger partial charge on any atom is 0.416 e. The second-order valence-corrected chi connectivity index (χ2v) is 10.8. The van der Waals surface area contributed by atoms with Crippen LogP contribution >= 0.6 is 0 Å². The Labute approximate surface area is 228 Å². The summed E-state index contributed by atoms with van der Waals surface area (Å²) in [6, 6.07) is 21.2. The Bertz CT molecular complexity index is 1810. The van der Waals surface area contributed by atoms with Crippen molar-refractivity contribution in [2.45, 2.75) is 17.6 Å². The van der Waals surface area contributed by atoms with Gasteiger partial charge in [0.15, 0.2) is 0 Å². The molecule has 6 nitrogen and oxygen atoms in total. The fourth-order valence-corrected chi connectivity index (χ4v) is 5.87. The minimum absolute atomic E-state index is 0.285. The van der Waals surface area contributed by atoms with E-state index in [1.165, 1.54) is 24.5 Å². The van der Waals surface area contributed by atoms with Crippen LogP contribution in [0.5, 0.6) is 0 Å². The maximum absolute atomic E-state index is 14.9. The molecule has 0 saturated carbocycles. The van der Waals surface area contributed by atoms with Gasteiger partial charge in [-0.1, -0.05) is 42.5 Å². The van der Waals surface area contributed by atoms with Gasteiger partial charge in [-0.2, -0.15) is 13.2 Å². The number of fused-ring (bicyclic) bond motifs is 1. The molecule has 11 heteroatoms. The number of nitrogens with one attached hydrogen (secondary N) is 1. The molecule has 5 aromatic rings. The van der Waals surface area contributed by atoms with Crippen molar-refractivity contribution >= 4 is 32.4 Å². The first kappa shape index (κ1) is 27.1. The number of para-hydroxylation sites is 1. The van der Waals surface area contributed by atoms with Crippen LogP contribution in [0, 0.1) is 5.82 Å². The molecule has 0 bridgehead atoms. The Balaban J connectivity index is 1.58. The average Bonchev–Trinajstić information content (AvgIpc) is 2.95. The molecule has 0 aliphatic heterocycles. The number of hydrogen-bond acceptors (Lipinski definition) is 5. The predicted molar refractivity (Wildman–Crippen MR) is 146 cm³/mol. The van der Waals surface area contributed by atoms with Gasteiger partial charge < -0.3 is 5.32 Å². The van der Waals surface area contributed by atoms with Gasteiger partial charge in [-0.05, 0) is 65.2 Å². The minimum atomic E-state index is -4.75. The zero-order valence-corrected chi connectivity index (χ0v) is 21.8. The number of halogens is 4. The van der Waals surface area contributed by atoms with Gasteiger partial charge >= 0.3 is 6.18 Å². The fourth-order valence-electron chi connectivity index (χ4n) is 4.36. The van der Waals surface area contributed by atoms with E-state index in [-0.39, 0.29) is 12.2 Å². The van der Waals surface area contributed by atoms with Crippen LogP contribution in [0.2, 0.25) is 0 Å². The van der Waals surface area contributed by atoms with Crippen molar-refractivity contribution in [3.05, 3.63) is 114 Å². The molecule has 0 unspecified atom stereocenters. The zero-order chi connectivity index (χ0) is 28.5. The smallest absolute Gasteiger partial charge is 0.373 e. The summed E-state index contributed by atoms with van der Waals surface area (Å²) in [7, 11) is -2.86. The lowest BCUT2D eigenvalue weighted by Crippen LogP contribution is -2.31. The van der Waals surface area contributed by atoms with Crippen molar-refractivity contribution in [2.75, 3.05) is 16.7 Å². The number of rotatable bonds is 7. The highest BCUT2D eigenvalue weighted by atomic mass is 32.2. The summed E-state index contributed by atoms with van der Waals surface area (Å²) < 4.78 is 83.2. The molecular formula is C29H22F4N4O2S. The largest absolute Gasteiger partial charge is 0.416 e. The van der Waals surface area contributed by atoms with E-state index in [1.54, 1.807) is 25.2 Å². The number of aromatic nitrogens is 2. The summed E-state index contributed by atoms with van der Waals surface area (Å²) in [4.78, 5) is 7.90. The number of hydrogen-bond donors (Lipinski definition) is 1. The van der Waals surface area contributed by atoms with Crippen LogP contribution in [0.4, 0.5) is 29.1 Å². The molecule has 5 rings (SSSR count). The first-order valence-corrected chi connectivity index (χ1v) is 13.5. The summed E-state index contributed by atoms with van der Waals surface area (Å²) >= 11 is 0. The fraction of sp³-hybridized carbons (Fsp3) is 0.103. The monoisotopic (exact) mass is 566 g/mol. The third kappa shape index (κ3) is 5.32. The van der Waals surface area contributed by atoms with E-state index in [2.05, 4.69) is 15.3 Å². The second-order valence-electron chi connectivity index (χ2n) is 8.89. The molecule has 0 atom stereocenters. The van der Waals surface area contributed by atoms with Crippen molar-refractivity contribution in [1.29, 1.82) is 0 Å². The predicted octanol–water partition coefficient (Wildman–Crippen LogP) is 6.89. The molecular weight excluding hydrogens is 544 g/mol. The van der Waals surface area contributed by atoms with E-state index >= 15 is 0 Å². The third-order valence-electron chi connectivity index (χ3n) is 6.33. The number of sulfonamides is 1. The summed E-state index contributed by atoms with van der Waals surface area (Å²) in [5, 5.41) is 3.81. The van der Waals surface area contributed by atoms with Gasteiger partial charge in [0.25, 0.3) is 10.0 Å². The average molecular weight is 567 g/mol. The van der Waals surface area contributed by atoms with Gasteiger partial charge in [0.1, 0.15) is 18.0 Å². The maximum atomic E-state index is 14.9. The lowest BCUT2D eigenvalue weighted by molar-refractivity contribution is -0.137. The molecule has 0 aliphatic carbocycles. The van der Waals surface area contributed by atoms with Crippen LogP contribution in [-0.2, 0) is 22.7 Å². The van der Waals surface area contributed by atoms with E-state index in [1.807, 2.05) is 24.3 Å². The highest BCUT2D eigenvalue weighted by molar-refractivity contribution is 7.92. The molecule has 4 aromatic carbocycles. The first-order chi connectivity index (χ1) is 19.1. The SMILES string of the molecule is CNc1ncnc2ccc(-c3cccc(CN(c4ccccc4F)S(=O)(=O)c4cccc(C(F)(F)F)c4)c3)cc12. The molecule has 0 spiro atoms. The van der Waals surface area contributed by atoms with Gasteiger partial charge in [-0.3, -0.25) is 4.31 Å². The van der Waals surface area contributed by atoms with Crippen LogP contribution in [0.25, 0.3) is 22.0 Å². The van der Waals surface area contributed by atoms with E-state index in [4.69, 9.17) is 0 Å². The lowest BCUT2D eigenvalue weighted by Gasteiger charge is -2.25. The van der Waals surface area contributed by atoms with Crippen LogP contribution in [0.3, 0.4) is 0 Å². The Morgan fingerprint density at radius 1 is 0.850 bits per heavy atom. The van der Waals surface area contributed by atoms with Crippen molar-refractivity contribution in [1.82, 2.24) is 9.97 Å². The molecule has 40 heavy (non-hydrogen) atoms. The van der Waals surface area contributed by atoms with Gasteiger partial charge in [0.2, 0.25) is 0 Å². The normalized spacial score (nSPS) is 11.9. The number of anilines is 2. The Morgan fingerprint density at radius 2 is 1.60 bits per heavy atom. The molecule has 1 N–H and O–H groups in total. The molecule has 0 radical (unpaired) electrons. The molecule has 1 heterocycles. The number of alkyl halides is 3. The summed E-state index contributed by atoms with van der Waals surface area (Å²) in [6.45, 7) is -0.328. The van der Waals surface area contributed by atoms with Crippen molar-refractivity contribution < 1.29 is 26.0 Å². The van der Waals surface area contributed by atoms with Gasteiger partial charge in [-0.15, -0.1) is 0 Å². The standard InChI is InChI=1S/C29H22F4N4O2S/c1-34-28-24-15-21(12-13-26(24)35-18-36-28)20-7-4-6-19(14-20)17-37(27-11-3-2-10-25(27)30)40(38,39)23-9-5-8-22(16-23)29(31,32)33/h2-16,18H,17H2,1H3,(H,34,35,36). The Hall–Kier alpha value is -4.51. The molecule has 0 aliphatic rings. The first-order valence-electron chi connectivity index (χ1n) is 12.0. The van der Waals surface area contributed by atoms with Gasteiger partial charge in [0.05, 0.1) is 28.2 Å². The van der Waals surface area contributed by atoms with Crippen LogP contribution in [0.15, 0.2) is 102 Å².